The molecule has 7 nitrogen and oxygen atoms in total. The zero-order valence-electron chi connectivity index (χ0n) is 15.1. The van der Waals surface area contributed by atoms with Gasteiger partial charge in [0.05, 0.1) is 17.6 Å². The third kappa shape index (κ3) is 5.03. The number of nitrogens with zero attached hydrogens (tertiary/aromatic N) is 3. The number of hydrogen-bond donors (Lipinski definition) is 1. The smallest absolute Gasteiger partial charge is 0.246 e. The van der Waals surface area contributed by atoms with Crippen molar-refractivity contribution in [3.8, 4) is 0 Å². The zero-order valence-corrected chi connectivity index (χ0v) is 15.1. The van der Waals surface area contributed by atoms with E-state index in [4.69, 9.17) is 4.74 Å². The van der Waals surface area contributed by atoms with Gasteiger partial charge in [-0.3, -0.25) is 9.59 Å². The van der Waals surface area contributed by atoms with Gasteiger partial charge in [0.25, 0.3) is 0 Å². The molecule has 2 amide bonds. The van der Waals surface area contributed by atoms with E-state index in [2.05, 4.69) is 17.2 Å². The Bertz CT molecular complexity index is 726. The maximum Gasteiger partial charge on any atom is 0.246 e. The van der Waals surface area contributed by atoms with Crippen LogP contribution in [0.15, 0.2) is 24.3 Å². The predicted molar refractivity (Wildman–Crippen MR) is 96.0 cm³/mol. The molecule has 25 heavy (non-hydrogen) atoms. The highest BCUT2D eigenvalue weighted by Crippen LogP contribution is 2.16. The molecule has 0 aliphatic rings. The van der Waals surface area contributed by atoms with Gasteiger partial charge in [0.1, 0.15) is 19.0 Å². The van der Waals surface area contributed by atoms with Crippen molar-refractivity contribution in [1.29, 1.82) is 0 Å². The van der Waals surface area contributed by atoms with E-state index in [1.165, 1.54) is 7.11 Å². The number of unbranched alkanes of at least 4 members (excludes halogenated alkanes) is 1. The van der Waals surface area contributed by atoms with Crippen molar-refractivity contribution < 1.29 is 14.3 Å². The van der Waals surface area contributed by atoms with Crippen molar-refractivity contribution >= 4 is 22.8 Å². The summed E-state index contributed by atoms with van der Waals surface area (Å²) in [6.45, 7) is 3.29. The Morgan fingerprint density at radius 3 is 2.80 bits per heavy atom. The fourth-order valence-corrected chi connectivity index (χ4v) is 2.57. The summed E-state index contributed by atoms with van der Waals surface area (Å²) >= 11 is 0. The second-order valence-corrected chi connectivity index (χ2v) is 5.98. The number of carbonyl (C=O) groups is 2. The fourth-order valence-electron chi connectivity index (χ4n) is 2.57. The van der Waals surface area contributed by atoms with Gasteiger partial charge in [-0.15, -0.1) is 0 Å². The summed E-state index contributed by atoms with van der Waals surface area (Å²) in [7, 11) is 3.29. The second-order valence-electron chi connectivity index (χ2n) is 5.98. The van der Waals surface area contributed by atoms with E-state index in [0.717, 1.165) is 30.4 Å². The highest BCUT2D eigenvalue weighted by Gasteiger charge is 2.16. The van der Waals surface area contributed by atoms with Crippen LogP contribution in [-0.4, -0.2) is 53.6 Å². The molecule has 0 spiro atoms. The maximum atomic E-state index is 12.5. The van der Waals surface area contributed by atoms with Gasteiger partial charge in [0.15, 0.2) is 0 Å². The molecular weight excluding hydrogens is 320 g/mol. The van der Waals surface area contributed by atoms with Gasteiger partial charge in [0.2, 0.25) is 11.8 Å². The molecule has 0 saturated heterocycles. The Morgan fingerprint density at radius 1 is 1.32 bits per heavy atom. The zero-order chi connectivity index (χ0) is 18.2. The molecule has 136 valence electrons. The Kier molecular flexibility index (Phi) is 6.94. The van der Waals surface area contributed by atoms with Gasteiger partial charge >= 0.3 is 0 Å². The van der Waals surface area contributed by atoms with Crippen molar-refractivity contribution in [3.63, 3.8) is 0 Å². The molecular formula is C18H26N4O3. The number of methoxy groups -OCH3 is 1. The van der Waals surface area contributed by atoms with Crippen LogP contribution in [-0.2, 0) is 27.4 Å². The average molecular weight is 346 g/mol. The molecule has 0 aliphatic carbocycles. The van der Waals surface area contributed by atoms with Gasteiger partial charge in [-0.2, -0.15) is 0 Å². The van der Waals surface area contributed by atoms with E-state index in [9.17, 15) is 9.59 Å². The van der Waals surface area contributed by atoms with Crippen LogP contribution in [0.2, 0.25) is 0 Å². The number of benzene rings is 1. The molecule has 0 atom stereocenters. The van der Waals surface area contributed by atoms with Crippen LogP contribution in [0.25, 0.3) is 11.0 Å². The molecule has 0 aliphatic heterocycles. The van der Waals surface area contributed by atoms with Crippen LogP contribution in [0.1, 0.15) is 25.6 Å². The van der Waals surface area contributed by atoms with Crippen LogP contribution in [0.3, 0.4) is 0 Å². The minimum Gasteiger partial charge on any atom is -0.375 e. The number of aromatic nitrogens is 2. The summed E-state index contributed by atoms with van der Waals surface area (Å²) in [4.78, 5) is 30.5. The van der Waals surface area contributed by atoms with Crippen LogP contribution in [0.5, 0.6) is 0 Å². The number of amides is 2. The van der Waals surface area contributed by atoms with Crippen LogP contribution in [0, 0.1) is 0 Å². The van der Waals surface area contributed by atoms with Crippen LogP contribution in [0.4, 0.5) is 0 Å². The van der Waals surface area contributed by atoms with Crippen LogP contribution >= 0.6 is 0 Å². The van der Waals surface area contributed by atoms with Crippen molar-refractivity contribution in [3.05, 3.63) is 30.1 Å². The average Bonchev–Trinajstić information content (AvgIpc) is 2.95. The van der Waals surface area contributed by atoms with Crippen LogP contribution < -0.4 is 5.32 Å². The Hall–Kier alpha value is -2.41. The van der Waals surface area contributed by atoms with Crippen molar-refractivity contribution in [1.82, 2.24) is 19.8 Å². The first kappa shape index (κ1) is 18.9. The number of carbonyl (C=O) groups excluding carboxylic acids is 2. The molecule has 1 aromatic heterocycles. The lowest BCUT2D eigenvalue weighted by molar-refractivity contribution is -0.130. The molecule has 0 radical (unpaired) electrons. The number of imidazole rings is 1. The number of fused-ring (bicyclic) bond motifs is 1. The SMILES string of the molecule is CCCCN(C)C(=O)Cn1c(CNC(=O)COC)nc2ccccc21. The van der Waals surface area contributed by atoms with E-state index in [-0.39, 0.29) is 31.5 Å². The third-order valence-electron chi connectivity index (χ3n) is 4.02. The van der Waals surface area contributed by atoms with E-state index in [1.54, 1.807) is 4.90 Å². The summed E-state index contributed by atoms with van der Waals surface area (Å²) in [5.41, 5.74) is 1.69. The normalized spacial score (nSPS) is 10.8. The summed E-state index contributed by atoms with van der Waals surface area (Å²) < 4.78 is 6.68. The lowest BCUT2D eigenvalue weighted by atomic mass is 10.3. The number of likely N-dealkylation sites (N-methyl/N-ethyl adjacent to an activating group) is 1. The first-order valence-corrected chi connectivity index (χ1v) is 8.50. The standard InChI is InChI=1S/C18H26N4O3/c1-4-5-10-21(2)18(24)12-22-15-9-7-6-8-14(15)20-16(22)11-19-17(23)13-25-3/h6-9H,4-5,10-13H2,1-3H3,(H,19,23). The quantitative estimate of drug-likeness (QED) is 0.747. The summed E-state index contributed by atoms with van der Waals surface area (Å²) in [6.07, 6.45) is 2.02. The van der Waals surface area contributed by atoms with E-state index in [1.807, 2.05) is 35.9 Å². The minimum absolute atomic E-state index is 0.00108. The number of rotatable bonds is 9. The molecule has 2 aromatic rings. The van der Waals surface area contributed by atoms with Gasteiger partial charge < -0.3 is 19.5 Å². The Morgan fingerprint density at radius 2 is 2.08 bits per heavy atom. The molecule has 0 fully saturated rings. The first-order valence-electron chi connectivity index (χ1n) is 8.50. The fraction of sp³-hybridized carbons (Fsp3) is 0.500. The molecule has 0 saturated carbocycles. The lowest BCUT2D eigenvalue weighted by Crippen LogP contribution is -2.32. The van der Waals surface area contributed by atoms with E-state index in [0.29, 0.717) is 5.82 Å². The second kappa shape index (κ2) is 9.17. The number of nitrogens with one attached hydrogen (secondary N) is 1. The van der Waals surface area contributed by atoms with E-state index < -0.39 is 0 Å². The molecule has 1 heterocycles. The lowest BCUT2D eigenvalue weighted by Gasteiger charge is -2.18. The van der Waals surface area contributed by atoms with E-state index >= 15 is 0 Å². The van der Waals surface area contributed by atoms with Crippen molar-refractivity contribution in [2.75, 3.05) is 27.3 Å². The van der Waals surface area contributed by atoms with Gasteiger partial charge in [0, 0.05) is 20.7 Å². The molecule has 1 aromatic carbocycles. The summed E-state index contributed by atoms with van der Waals surface area (Å²) in [5, 5.41) is 2.77. The summed E-state index contributed by atoms with van der Waals surface area (Å²) in [6, 6.07) is 7.65. The number of ether oxygens (including phenoxy) is 1. The number of hydrogen-bond acceptors (Lipinski definition) is 4. The van der Waals surface area contributed by atoms with Crippen molar-refractivity contribution in [2.45, 2.75) is 32.9 Å². The largest absolute Gasteiger partial charge is 0.375 e. The highest BCUT2D eigenvalue weighted by molar-refractivity contribution is 5.81. The third-order valence-corrected chi connectivity index (χ3v) is 4.02. The van der Waals surface area contributed by atoms with Crippen molar-refractivity contribution in [2.24, 2.45) is 0 Å². The summed E-state index contributed by atoms with van der Waals surface area (Å²) in [5.74, 6) is 0.469. The molecule has 2 rings (SSSR count). The van der Waals surface area contributed by atoms with Gasteiger partial charge in [-0.1, -0.05) is 25.5 Å². The van der Waals surface area contributed by atoms with Gasteiger partial charge in [-0.05, 0) is 18.6 Å². The molecule has 0 unspecified atom stereocenters. The highest BCUT2D eigenvalue weighted by atomic mass is 16.5. The predicted octanol–water partition coefficient (Wildman–Crippen LogP) is 1.56. The topological polar surface area (TPSA) is 76.5 Å². The first-order chi connectivity index (χ1) is 12.1. The molecule has 1 N–H and O–H groups in total. The number of para-hydroxylation sites is 2. The minimum atomic E-state index is -0.215. The Labute approximate surface area is 148 Å². The maximum absolute atomic E-state index is 12.5. The monoisotopic (exact) mass is 346 g/mol. The molecule has 0 bridgehead atoms. The molecule has 7 heteroatoms. The Balaban J connectivity index is 2.19. The van der Waals surface area contributed by atoms with Gasteiger partial charge in [-0.25, -0.2) is 4.98 Å².